The number of rotatable bonds is 6. The van der Waals surface area contributed by atoms with E-state index >= 15 is 0 Å². The van der Waals surface area contributed by atoms with E-state index in [0.29, 0.717) is 12.8 Å². The highest BCUT2D eigenvalue weighted by molar-refractivity contribution is 5.33. The van der Waals surface area contributed by atoms with Crippen LogP contribution in [0.3, 0.4) is 0 Å². The molecular weight excluding hydrogens is 410 g/mol. The van der Waals surface area contributed by atoms with Crippen molar-refractivity contribution in [2.45, 2.75) is 49.8 Å². The largest absolute Gasteiger partial charge is 0.416 e. The molecule has 1 fully saturated rings. The number of ether oxygens (including phenoxy) is 1. The zero-order chi connectivity index (χ0) is 22.7. The molecule has 8 heteroatoms. The Labute approximate surface area is 179 Å². The first-order valence-corrected chi connectivity index (χ1v) is 10.0. The average Bonchev–Trinajstić information content (AvgIpc) is 2.78. The number of nitrogens with zero attached hydrogens (tertiary/aromatic N) is 1. The third-order valence-electron chi connectivity index (χ3n) is 5.84. The van der Waals surface area contributed by atoms with Gasteiger partial charge in [-0.25, -0.2) is 4.39 Å². The molecule has 0 bridgehead atoms. The van der Waals surface area contributed by atoms with Crippen LogP contribution in [0.5, 0.6) is 0 Å². The lowest BCUT2D eigenvalue weighted by Crippen LogP contribution is -2.61. The topological polar surface area (TPSA) is 71.1 Å². The second-order valence-electron chi connectivity index (χ2n) is 8.12. The van der Waals surface area contributed by atoms with Crippen LogP contribution < -0.4 is 11.1 Å². The smallest absolute Gasteiger partial charge is 0.372 e. The highest BCUT2D eigenvalue weighted by Gasteiger charge is 2.42. The summed E-state index contributed by atoms with van der Waals surface area (Å²) < 4.78 is 58.8. The predicted octanol–water partition coefficient (Wildman–Crippen LogP) is 4.75. The number of nitrogens with one attached hydrogen (secondary N) is 1. The van der Waals surface area contributed by atoms with Crippen molar-refractivity contribution in [1.82, 2.24) is 5.32 Å². The van der Waals surface area contributed by atoms with E-state index < -0.39 is 35.6 Å². The summed E-state index contributed by atoms with van der Waals surface area (Å²) >= 11 is 0. The fourth-order valence-corrected chi connectivity index (χ4v) is 3.80. The molecule has 0 aliphatic carbocycles. The number of nitriles is 1. The van der Waals surface area contributed by atoms with Crippen molar-refractivity contribution >= 4 is 0 Å². The molecular formula is C23H25F4N3O. The number of hydrogen-bond acceptors (Lipinski definition) is 4. The minimum atomic E-state index is -4.57. The summed E-state index contributed by atoms with van der Waals surface area (Å²) in [5.41, 5.74) is 4.71. The van der Waals surface area contributed by atoms with Crippen LogP contribution in [0.25, 0.3) is 0 Å². The molecule has 0 radical (unpaired) electrons. The Balaban J connectivity index is 1.84. The fourth-order valence-electron chi connectivity index (χ4n) is 3.80. The highest BCUT2D eigenvalue weighted by Crippen LogP contribution is 2.36. The maximum atomic E-state index is 13.2. The molecule has 1 saturated heterocycles. The Morgan fingerprint density at radius 3 is 2.45 bits per heavy atom. The van der Waals surface area contributed by atoms with E-state index in [2.05, 4.69) is 11.4 Å². The van der Waals surface area contributed by atoms with E-state index in [1.807, 2.05) is 30.3 Å². The molecule has 1 aliphatic rings. The minimum Gasteiger partial charge on any atom is -0.372 e. The monoisotopic (exact) mass is 435 g/mol. The van der Waals surface area contributed by atoms with Crippen molar-refractivity contribution in [2.75, 3.05) is 13.2 Å². The van der Waals surface area contributed by atoms with E-state index in [1.165, 1.54) is 6.07 Å². The number of alkyl halides is 4. The van der Waals surface area contributed by atoms with Crippen LogP contribution >= 0.6 is 0 Å². The third kappa shape index (κ3) is 5.24. The molecule has 0 aromatic heterocycles. The van der Waals surface area contributed by atoms with Crippen molar-refractivity contribution in [2.24, 2.45) is 5.73 Å². The summed E-state index contributed by atoms with van der Waals surface area (Å²) in [7, 11) is 0. The summed E-state index contributed by atoms with van der Waals surface area (Å²) in [4.78, 5) is 0. The number of halogens is 4. The molecule has 1 aliphatic heterocycles. The van der Waals surface area contributed by atoms with Crippen molar-refractivity contribution in [1.29, 1.82) is 5.26 Å². The summed E-state index contributed by atoms with van der Waals surface area (Å²) in [5, 5.41) is 12.7. The fraction of sp³-hybridized carbons (Fsp3) is 0.435. The van der Waals surface area contributed by atoms with Gasteiger partial charge in [0, 0.05) is 6.54 Å². The molecule has 31 heavy (non-hydrogen) atoms. The van der Waals surface area contributed by atoms with E-state index in [1.54, 1.807) is 6.92 Å². The number of piperidine rings is 1. The lowest BCUT2D eigenvalue weighted by atomic mass is 9.77. The summed E-state index contributed by atoms with van der Waals surface area (Å²) in [5.74, 6) is 0. The van der Waals surface area contributed by atoms with Gasteiger partial charge in [0.05, 0.1) is 29.9 Å². The van der Waals surface area contributed by atoms with E-state index in [-0.39, 0.29) is 24.3 Å². The molecule has 2 aromatic rings. The molecule has 3 N–H and O–H groups in total. The predicted molar refractivity (Wildman–Crippen MR) is 109 cm³/mol. The molecule has 4 nitrogen and oxygen atoms in total. The standard InChI is InChI=1S/C23H25F4N3O/c1-16(18-9-17(12-24)10-20(11-18)23(25,26)27)31-15-22(19-5-3-2-4-6-19)8-7-21(29,13-28)14-30-22/h2-6,9-11,16,30H,7-8,12,14-15,29H2,1H3/t16-,21+,22-/m1/s1. The molecule has 0 spiro atoms. The first-order chi connectivity index (χ1) is 14.6. The van der Waals surface area contributed by atoms with Gasteiger partial charge in [0.15, 0.2) is 0 Å². The van der Waals surface area contributed by atoms with Gasteiger partial charge >= 0.3 is 6.18 Å². The van der Waals surface area contributed by atoms with Gasteiger partial charge in [-0.3, -0.25) is 0 Å². The van der Waals surface area contributed by atoms with Gasteiger partial charge in [-0.1, -0.05) is 36.4 Å². The quantitative estimate of drug-likeness (QED) is 0.643. The van der Waals surface area contributed by atoms with Crippen molar-refractivity contribution in [3.8, 4) is 6.07 Å². The molecule has 0 amide bonds. The van der Waals surface area contributed by atoms with Crippen LogP contribution in [0.1, 0.15) is 48.1 Å². The maximum Gasteiger partial charge on any atom is 0.416 e. The molecule has 2 aromatic carbocycles. The normalized spacial score (nSPS) is 25.1. The van der Waals surface area contributed by atoms with Gasteiger partial charge in [0.25, 0.3) is 0 Å². The zero-order valence-electron chi connectivity index (χ0n) is 17.2. The number of benzene rings is 2. The van der Waals surface area contributed by atoms with Gasteiger partial charge in [-0.2, -0.15) is 18.4 Å². The number of nitrogens with two attached hydrogens (primary N) is 1. The van der Waals surface area contributed by atoms with E-state index in [4.69, 9.17) is 10.5 Å². The first kappa shape index (κ1) is 23.2. The van der Waals surface area contributed by atoms with E-state index in [0.717, 1.165) is 17.7 Å². The van der Waals surface area contributed by atoms with Gasteiger partial charge in [0.2, 0.25) is 0 Å². The first-order valence-electron chi connectivity index (χ1n) is 10.0. The van der Waals surface area contributed by atoms with Crippen molar-refractivity contribution in [3.63, 3.8) is 0 Å². The Hall–Kier alpha value is -2.47. The van der Waals surface area contributed by atoms with Gasteiger partial charge in [-0.15, -0.1) is 0 Å². The van der Waals surface area contributed by atoms with Gasteiger partial charge < -0.3 is 15.8 Å². The molecule has 0 unspecified atom stereocenters. The van der Waals surface area contributed by atoms with Gasteiger partial charge in [0.1, 0.15) is 12.2 Å². The lowest BCUT2D eigenvalue weighted by molar-refractivity contribution is -0.137. The lowest BCUT2D eigenvalue weighted by Gasteiger charge is -2.44. The number of hydrogen-bond donors (Lipinski definition) is 2. The second kappa shape index (κ2) is 8.95. The van der Waals surface area contributed by atoms with Crippen LogP contribution in [0.2, 0.25) is 0 Å². The van der Waals surface area contributed by atoms with Gasteiger partial charge in [-0.05, 0) is 48.6 Å². The SMILES string of the molecule is C[C@@H](OC[C@@]1(c2ccccc2)CC[C@](N)(C#N)CN1)c1cc(CF)cc(C(F)(F)F)c1. The molecule has 1 heterocycles. The Morgan fingerprint density at radius 2 is 1.90 bits per heavy atom. The molecule has 3 rings (SSSR count). The summed E-state index contributed by atoms with van der Waals surface area (Å²) in [6, 6.07) is 14.8. The highest BCUT2D eigenvalue weighted by atomic mass is 19.4. The molecule has 0 saturated carbocycles. The third-order valence-corrected chi connectivity index (χ3v) is 5.84. The van der Waals surface area contributed by atoms with Crippen LogP contribution in [0.4, 0.5) is 17.6 Å². The second-order valence-corrected chi connectivity index (χ2v) is 8.12. The molecule has 3 atom stereocenters. The van der Waals surface area contributed by atoms with Crippen LogP contribution in [-0.2, 0) is 23.1 Å². The van der Waals surface area contributed by atoms with Crippen LogP contribution in [-0.4, -0.2) is 18.7 Å². The Bertz CT molecular complexity index is 932. The average molecular weight is 435 g/mol. The Morgan fingerprint density at radius 1 is 1.19 bits per heavy atom. The van der Waals surface area contributed by atoms with E-state index in [9.17, 15) is 22.8 Å². The Kier molecular flexibility index (Phi) is 6.70. The summed E-state index contributed by atoms with van der Waals surface area (Å²) in [6.07, 6.45) is -4.31. The molecule has 166 valence electrons. The van der Waals surface area contributed by atoms with Crippen molar-refractivity contribution in [3.05, 3.63) is 70.8 Å². The zero-order valence-corrected chi connectivity index (χ0v) is 17.2. The van der Waals surface area contributed by atoms with Crippen molar-refractivity contribution < 1.29 is 22.3 Å². The summed E-state index contributed by atoms with van der Waals surface area (Å²) in [6.45, 7) is 1.06. The minimum absolute atomic E-state index is 0.0456. The van der Waals surface area contributed by atoms with Crippen LogP contribution in [0, 0.1) is 11.3 Å². The maximum absolute atomic E-state index is 13.2. The van der Waals surface area contributed by atoms with Crippen LogP contribution in [0.15, 0.2) is 48.5 Å².